The number of ether oxygens (including phenoxy) is 1. The Morgan fingerprint density at radius 3 is 3.00 bits per heavy atom. The molecule has 19 heavy (non-hydrogen) atoms. The summed E-state index contributed by atoms with van der Waals surface area (Å²) >= 11 is 5.69. The van der Waals surface area contributed by atoms with Gasteiger partial charge in [0, 0.05) is 6.54 Å². The first kappa shape index (κ1) is 13.7. The number of nitrogens with zero attached hydrogens (tertiary/aromatic N) is 3. The van der Waals surface area contributed by atoms with Crippen LogP contribution in [0.4, 0.5) is 0 Å². The molecule has 1 aromatic rings. The van der Waals surface area contributed by atoms with Crippen LogP contribution < -0.4 is 0 Å². The van der Waals surface area contributed by atoms with Crippen LogP contribution in [0.25, 0.3) is 0 Å². The van der Waals surface area contributed by atoms with E-state index in [-0.39, 0.29) is 29.8 Å². The Morgan fingerprint density at radius 2 is 2.32 bits per heavy atom. The fourth-order valence-electron chi connectivity index (χ4n) is 1.89. The van der Waals surface area contributed by atoms with E-state index in [2.05, 4.69) is 9.97 Å². The fraction of sp³-hybridized carbons (Fsp3) is 0.455. The summed E-state index contributed by atoms with van der Waals surface area (Å²) < 4.78 is 5.20. The molecule has 1 atom stereocenters. The molecule has 8 heteroatoms. The normalized spacial score (nSPS) is 19.2. The highest BCUT2D eigenvalue weighted by molar-refractivity contribution is 6.29. The van der Waals surface area contributed by atoms with E-state index in [9.17, 15) is 9.59 Å². The molecule has 2 rings (SSSR count). The van der Waals surface area contributed by atoms with Crippen molar-refractivity contribution in [3.63, 3.8) is 0 Å². The first-order valence-electron chi connectivity index (χ1n) is 5.66. The van der Waals surface area contributed by atoms with Crippen LogP contribution >= 0.6 is 11.6 Å². The van der Waals surface area contributed by atoms with E-state index in [0.717, 1.165) is 0 Å². The number of morpholine rings is 1. The van der Waals surface area contributed by atoms with Crippen molar-refractivity contribution in [3.05, 3.63) is 23.2 Å². The summed E-state index contributed by atoms with van der Waals surface area (Å²) in [5.41, 5.74) is 0.102. The number of carboxylic acid groups (broad SMARTS) is 1. The summed E-state index contributed by atoms with van der Waals surface area (Å²) in [6.07, 6.45) is 2.47. The summed E-state index contributed by atoms with van der Waals surface area (Å²) in [6, 6.07) is -0.500. The van der Waals surface area contributed by atoms with Crippen LogP contribution in [0.15, 0.2) is 12.4 Å². The van der Waals surface area contributed by atoms with Gasteiger partial charge in [0.15, 0.2) is 0 Å². The third kappa shape index (κ3) is 3.39. The Bertz CT molecular complexity index is 497. The Kier molecular flexibility index (Phi) is 4.28. The zero-order valence-electron chi connectivity index (χ0n) is 9.95. The Morgan fingerprint density at radius 1 is 1.53 bits per heavy atom. The second-order valence-corrected chi connectivity index (χ2v) is 4.44. The number of carboxylic acids is 1. The summed E-state index contributed by atoms with van der Waals surface area (Å²) in [7, 11) is 0. The first-order valence-corrected chi connectivity index (χ1v) is 6.04. The average molecular weight is 286 g/mol. The standard InChI is InChI=1S/C11H12ClN3O4/c12-9-5-13-4-8(14-9)11(18)15-1-2-19-6-7(15)3-10(16)17/h4-5,7H,1-3,6H2,(H,16,17). The van der Waals surface area contributed by atoms with Crippen LogP contribution in [0.5, 0.6) is 0 Å². The van der Waals surface area contributed by atoms with Crippen LogP contribution in [-0.2, 0) is 9.53 Å². The van der Waals surface area contributed by atoms with Gasteiger partial charge in [-0.1, -0.05) is 11.6 Å². The van der Waals surface area contributed by atoms with Gasteiger partial charge in [0.2, 0.25) is 0 Å². The number of aliphatic carboxylic acids is 1. The van der Waals surface area contributed by atoms with Gasteiger partial charge in [0.05, 0.1) is 38.1 Å². The van der Waals surface area contributed by atoms with Crippen molar-refractivity contribution in [1.29, 1.82) is 0 Å². The summed E-state index contributed by atoms with van der Waals surface area (Å²) in [4.78, 5) is 32.2. The third-order valence-corrected chi connectivity index (χ3v) is 2.91. The molecule has 0 spiro atoms. The maximum atomic E-state index is 12.3. The van der Waals surface area contributed by atoms with Crippen molar-refractivity contribution in [2.75, 3.05) is 19.8 Å². The second-order valence-electron chi connectivity index (χ2n) is 4.05. The van der Waals surface area contributed by atoms with E-state index in [0.29, 0.717) is 13.2 Å². The number of hydrogen-bond acceptors (Lipinski definition) is 5. The smallest absolute Gasteiger partial charge is 0.305 e. The lowest BCUT2D eigenvalue weighted by molar-refractivity contribution is -0.139. The Hall–Kier alpha value is -1.73. The van der Waals surface area contributed by atoms with Crippen molar-refractivity contribution in [2.24, 2.45) is 0 Å². The summed E-state index contributed by atoms with van der Waals surface area (Å²) in [6.45, 7) is 0.896. The number of carbonyl (C=O) groups excluding carboxylic acids is 1. The lowest BCUT2D eigenvalue weighted by Crippen LogP contribution is -2.49. The Balaban J connectivity index is 2.17. The van der Waals surface area contributed by atoms with Crippen molar-refractivity contribution < 1.29 is 19.4 Å². The van der Waals surface area contributed by atoms with E-state index in [1.54, 1.807) is 0 Å². The zero-order valence-corrected chi connectivity index (χ0v) is 10.7. The number of amides is 1. The molecule has 1 saturated heterocycles. The molecule has 0 aliphatic carbocycles. The number of carbonyl (C=O) groups is 2. The van der Waals surface area contributed by atoms with Gasteiger partial charge in [-0.3, -0.25) is 14.6 Å². The van der Waals surface area contributed by atoms with Gasteiger partial charge >= 0.3 is 5.97 Å². The summed E-state index contributed by atoms with van der Waals surface area (Å²) in [5.74, 6) is -1.37. The second kappa shape index (κ2) is 5.94. The van der Waals surface area contributed by atoms with Crippen molar-refractivity contribution in [2.45, 2.75) is 12.5 Å². The molecule has 0 aromatic carbocycles. The molecule has 7 nitrogen and oxygen atoms in total. The minimum absolute atomic E-state index is 0.102. The van der Waals surface area contributed by atoms with Gasteiger partial charge in [-0.2, -0.15) is 0 Å². The van der Waals surface area contributed by atoms with E-state index in [4.69, 9.17) is 21.4 Å². The maximum absolute atomic E-state index is 12.3. The summed E-state index contributed by atoms with van der Waals surface area (Å²) in [5, 5.41) is 8.96. The molecule has 1 fully saturated rings. The van der Waals surface area contributed by atoms with E-state index in [1.807, 2.05) is 0 Å². The molecular weight excluding hydrogens is 274 g/mol. The zero-order chi connectivity index (χ0) is 13.8. The van der Waals surface area contributed by atoms with Crippen LogP contribution in [0.3, 0.4) is 0 Å². The SMILES string of the molecule is O=C(O)CC1COCCN1C(=O)c1cncc(Cl)n1. The highest BCUT2D eigenvalue weighted by Gasteiger charge is 2.30. The number of aromatic nitrogens is 2. The molecule has 0 bridgehead atoms. The monoisotopic (exact) mass is 285 g/mol. The number of hydrogen-bond donors (Lipinski definition) is 1. The van der Waals surface area contributed by atoms with Gasteiger partial charge < -0.3 is 14.7 Å². The maximum Gasteiger partial charge on any atom is 0.305 e. The van der Waals surface area contributed by atoms with Gasteiger partial charge in [-0.05, 0) is 0 Å². The molecule has 1 amide bonds. The molecule has 2 heterocycles. The molecule has 0 saturated carbocycles. The molecule has 102 valence electrons. The first-order chi connectivity index (χ1) is 9.08. The molecule has 0 radical (unpaired) electrons. The topological polar surface area (TPSA) is 92.6 Å². The highest BCUT2D eigenvalue weighted by atomic mass is 35.5. The van der Waals surface area contributed by atoms with E-state index in [1.165, 1.54) is 17.3 Å². The van der Waals surface area contributed by atoms with Gasteiger partial charge in [-0.15, -0.1) is 0 Å². The van der Waals surface area contributed by atoms with Gasteiger partial charge in [0.25, 0.3) is 5.91 Å². The van der Waals surface area contributed by atoms with Crippen LogP contribution in [0.1, 0.15) is 16.9 Å². The third-order valence-electron chi connectivity index (χ3n) is 2.72. The van der Waals surface area contributed by atoms with Crippen LogP contribution in [0, 0.1) is 0 Å². The van der Waals surface area contributed by atoms with Gasteiger partial charge in [-0.25, -0.2) is 4.98 Å². The predicted octanol–water partition coefficient (Wildman–Crippen LogP) is 0.446. The van der Waals surface area contributed by atoms with Crippen molar-refractivity contribution in [1.82, 2.24) is 14.9 Å². The van der Waals surface area contributed by atoms with Crippen molar-refractivity contribution in [3.8, 4) is 0 Å². The average Bonchev–Trinajstić information content (AvgIpc) is 2.38. The van der Waals surface area contributed by atoms with Crippen LogP contribution in [0.2, 0.25) is 5.15 Å². The number of halogens is 1. The fourth-order valence-corrected chi connectivity index (χ4v) is 2.03. The lowest BCUT2D eigenvalue weighted by atomic mass is 10.1. The largest absolute Gasteiger partial charge is 0.481 e. The number of rotatable bonds is 3. The molecule has 1 aliphatic heterocycles. The highest BCUT2D eigenvalue weighted by Crippen LogP contribution is 2.14. The quantitative estimate of drug-likeness (QED) is 0.866. The molecule has 1 N–H and O–H groups in total. The Labute approximate surface area is 114 Å². The minimum Gasteiger partial charge on any atom is -0.481 e. The molecule has 1 aliphatic rings. The van der Waals surface area contributed by atoms with E-state index < -0.39 is 12.0 Å². The van der Waals surface area contributed by atoms with Crippen LogP contribution in [-0.4, -0.2) is 57.7 Å². The lowest BCUT2D eigenvalue weighted by Gasteiger charge is -2.34. The van der Waals surface area contributed by atoms with Gasteiger partial charge in [0.1, 0.15) is 10.8 Å². The molecular formula is C11H12ClN3O4. The molecule has 1 aromatic heterocycles. The van der Waals surface area contributed by atoms with E-state index >= 15 is 0 Å². The molecule has 1 unspecified atom stereocenters. The minimum atomic E-state index is -0.981. The van der Waals surface area contributed by atoms with Crippen molar-refractivity contribution >= 4 is 23.5 Å². The predicted molar refractivity (Wildman–Crippen MR) is 64.9 cm³/mol.